The van der Waals surface area contributed by atoms with Crippen LogP contribution in [0.4, 0.5) is 0 Å². The Balaban J connectivity index is 1.79. The van der Waals surface area contributed by atoms with Crippen LogP contribution in [0.15, 0.2) is 30.0 Å². The third-order valence-corrected chi connectivity index (χ3v) is 6.74. The smallest absolute Gasteiger partial charge is 0.329 e. The number of ketones is 1. The third kappa shape index (κ3) is 4.01. The van der Waals surface area contributed by atoms with Gasteiger partial charge in [-0.05, 0) is 24.6 Å². The van der Waals surface area contributed by atoms with Crippen LogP contribution < -0.4 is 9.47 Å². The molecule has 0 radical (unpaired) electrons. The standard InChI is InChI=1S/C25H29NO10/c1-5-34-23(30)25-14-24(35-10-11-36-24)9-8-19(25)26(21(28)20(25)27)16(22(29)33-4)12-15-6-7-17(31-2)18(13-15)32-3/h6-8,13,16H,5,9-12,14H2,1-4H3/t16-,25-/m1/s1. The summed E-state index contributed by atoms with van der Waals surface area (Å²) in [6.45, 7) is 2.18. The molecule has 1 spiro atoms. The van der Waals surface area contributed by atoms with Gasteiger partial charge in [-0.25, -0.2) is 4.79 Å². The van der Waals surface area contributed by atoms with Gasteiger partial charge in [0.05, 0.1) is 41.2 Å². The molecule has 11 nitrogen and oxygen atoms in total. The van der Waals surface area contributed by atoms with Crippen molar-refractivity contribution >= 4 is 23.6 Å². The maximum atomic E-state index is 13.5. The van der Waals surface area contributed by atoms with E-state index >= 15 is 0 Å². The van der Waals surface area contributed by atoms with Crippen LogP contribution in [0.25, 0.3) is 0 Å². The SMILES string of the molecule is CCOC(=O)[C@]12CC3(CC=C1N([C@H](Cc1ccc(OC)c(OC)c1)C(=O)OC)C(=O)C2=O)OCCO3. The van der Waals surface area contributed by atoms with Crippen molar-refractivity contribution in [2.24, 2.45) is 5.41 Å². The Morgan fingerprint density at radius 2 is 1.78 bits per heavy atom. The molecule has 0 bridgehead atoms. The van der Waals surface area contributed by atoms with Crippen LogP contribution in [-0.2, 0) is 44.5 Å². The molecule has 0 saturated carbocycles. The molecule has 2 fully saturated rings. The first-order valence-electron chi connectivity index (χ1n) is 11.6. The number of esters is 2. The third-order valence-electron chi connectivity index (χ3n) is 6.74. The lowest BCUT2D eigenvalue weighted by Crippen LogP contribution is -2.51. The summed E-state index contributed by atoms with van der Waals surface area (Å²) in [5, 5.41) is 0. The molecule has 194 valence electrons. The molecule has 36 heavy (non-hydrogen) atoms. The molecule has 1 aromatic rings. The van der Waals surface area contributed by atoms with E-state index in [9.17, 15) is 19.2 Å². The van der Waals surface area contributed by atoms with Crippen molar-refractivity contribution in [1.82, 2.24) is 4.90 Å². The van der Waals surface area contributed by atoms with Gasteiger partial charge in [0.1, 0.15) is 6.04 Å². The van der Waals surface area contributed by atoms with Gasteiger partial charge in [0.2, 0.25) is 5.78 Å². The molecule has 1 amide bonds. The molecule has 0 aromatic heterocycles. The summed E-state index contributed by atoms with van der Waals surface area (Å²) >= 11 is 0. The van der Waals surface area contributed by atoms with Crippen molar-refractivity contribution < 1.29 is 47.6 Å². The van der Waals surface area contributed by atoms with Crippen molar-refractivity contribution in [2.45, 2.75) is 38.0 Å². The molecule has 2 atom stereocenters. The van der Waals surface area contributed by atoms with Gasteiger partial charge in [-0.1, -0.05) is 12.1 Å². The maximum Gasteiger partial charge on any atom is 0.329 e. The predicted octanol–water partition coefficient (Wildman–Crippen LogP) is 1.17. The van der Waals surface area contributed by atoms with Gasteiger partial charge in [0.15, 0.2) is 22.7 Å². The molecule has 1 aliphatic carbocycles. The highest BCUT2D eigenvalue weighted by Gasteiger charge is 2.68. The Bertz CT molecular complexity index is 1110. The quantitative estimate of drug-likeness (QED) is 0.290. The summed E-state index contributed by atoms with van der Waals surface area (Å²) in [4.78, 5) is 54.3. The lowest BCUT2D eigenvalue weighted by molar-refractivity contribution is -0.193. The molecule has 2 saturated heterocycles. The van der Waals surface area contributed by atoms with Crippen LogP contribution >= 0.6 is 0 Å². The van der Waals surface area contributed by atoms with E-state index < -0.39 is 40.9 Å². The van der Waals surface area contributed by atoms with Crippen LogP contribution in [0.1, 0.15) is 25.3 Å². The Labute approximate surface area is 208 Å². The summed E-state index contributed by atoms with van der Waals surface area (Å²) in [6, 6.07) is 3.82. The van der Waals surface area contributed by atoms with Crippen molar-refractivity contribution in [3.63, 3.8) is 0 Å². The molecule has 4 rings (SSSR count). The maximum absolute atomic E-state index is 13.5. The minimum Gasteiger partial charge on any atom is -0.493 e. The minimum atomic E-state index is -1.99. The summed E-state index contributed by atoms with van der Waals surface area (Å²) in [5.41, 5.74) is -1.29. The molecule has 1 aromatic carbocycles. The van der Waals surface area contributed by atoms with Crippen molar-refractivity contribution in [1.29, 1.82) is 0 Å². The number of fused-ring (bicyclic) bond motifs is 1. The number of benzene rings is 1. The minimum absolute atomic E-state index is 0.00385. The highest BCUT2D eigenvalue weighted by molar-refractivity contribution is 6.46. The van der Waals surface area contributed by atoms with Gasteiger partial charge in [-0.3, -0.25) is 19.3 Å². The molecule has 11 heteroatoms. The Kier molecular flexibility index (Phi) is 7.05. The van der Waals surface area contributed by atoms with Crippen LogP contribution in [0.3, 0.4) is 0 Å². The highest BCUT2D eigenvalue weighted by Crippen LogP contribution is 2.53. The molecule has 2 aliphatic heterocycles. The van der Waals surface area contributed by atoms with E-state index in [4.69, 9.17) is 28.4 Å². The van der Waals surface area contributed by atoms with Gasteiger partial charge in [-0.2, -0.15) is 0 Å². The van der Waals surface area contributed by atoms with E-state index in [-0.39, 0.29) is 44.8 Å². The van der Waals surface area contributed by atoms with Crippen LogP contribution in [-0.4, -0.2) is 81.5 Å². The predicted molar refractivity (Wildman–Crippen MR) is 122 cm³/mol. The van der Waals surface area contributed by atoms with E-state index in [1.807, 2.05) is 0 Å². The van der Waals surface area contributed by atoms with Gasteiger partial charge in [0.25, 0.3) is 5.91 Å². The summed E-state index contributed by atoms with van der Waals surface area (Å²) < 4.78 is 32.4. The highest BCUT2D eigenvalue weighted by atomic mass is 16.7. The van der Waals surface area contributed by atoms with Gasteiger partial charge in [0, 0.05) is 25.0 Å². The molecule has 0 unspecified atom stereocenters. The molecule has 0 N–H and O–H groups in total. The van der Waals surface area contributed by atoms with Crippen LogP contribution in [0, 0.1) is 5.41 Å². The number of Topliss-reactive ketones (excluding diaryl/α,β-unsaturated/α-hetero) is 1. The second kappa shape index (κ2) is 9.90. The van der Waals surface area contributed by atoms with E-state index in [2.05, 4.69) is 0 Å². The number of methoxy groups -OCH3 is 3. The topological polar surface area (TPSA) is 127 Å². The van der Waals surface area contributed by atoms with Crippen molar-refractivity contribution in [2.75, 3.05) is 41.2 Å². The fourth-order valence-corrected chi connectivity index (χ4v) is 5.09. The summed E-state index contributed by atoms with van der Waals surface area (Å²) in [5.74, 6) is -3.94. The number of nitrogens with zero attached hydrogens (tertiary/aromatic N) is 1. The molecule has 2 heterocycles. The first-order valence-corrected chi connectivity index (χ1v) is 11.6. The van der Waals surface area contributed by atoms with Crippen LogP contribution in [0.2, 0.25) is 0 Å². The number of ether oxygens (including phenoxy) is 6. The second-order valence-electron chi connectivity index (χ2n) is 8.64. The summed E-state index contributed by atoms with van der Waals surface area (Å²) in [7, 11) is 4.17. The number of hydrogen-bond donors (Lipinski definition) is 0. The van der Waals surface area contributed by atoms with Gasteiger partial charge >= 0.3 is 11.9 Å². The van der Waals surface area contributed by atoms with Crippen molar-refractivity contribution in [3.05, 3.63) is 35.5 Å². The molecule has 3 aliphatic rings. The first-order chi connectivity index (χ1) is 17.3. The fourth-order valence-electron chi connectivity index (χ4n) is 5.09. The fraction of sp³-hybridized carbons (Fsp3) is 0.520. The number of rotatable bonds is 8. The van der Waals surface area contributed by atoms with E-state index in [1.165, 1.54) is 21.3 Å². The van der Waals surface area contributed by atoms with Gasteiger partial charge < -0.3 is 28.4 Å². The Morgan fingerprint density at radius 1 is 1.08 bits per heavy atom. The molecular weight excluding hydrogens is 474 g/mol. The zero-order chi connectivity index (χ0) is 26.1. The second-order valence-corrected chi connectivity index (χ2v) is 8.64. The zero-order valence-corrected chi connectivity index (χ0v) is 20.7. The average Bonchev–Trinajstić information content (AvgIpc) is 3.43. The van der Waals surface area contributed by atoms with Gasteiger partial charge in [-0.15, -0.1) is 0 Å². The number of carbonyl (C=O) groups is 4. The Hall–Kier alpha value is -3.44. The Morgan fingerprint density at radius 3 is 2.39 bits per heavy atom. The lowest BCUT2D eigenvalue weighted by atomic mass is 9.72. The summed E-state index contributed by atoms with van der Waals surface area (Å²) in [6.07, 6.45) is 1.50. The zero-order valence-electron chi connectivity index (χ0n) is 20.7. The number of amides is 1. The first kappa shape index (κ1) is 25.6. The number of hydrogen-bond acceptors (Lipinski definition) is 10. The number of carbonyl (C=O) groups excluding carboxylic acids is 4. The van der Waals surface area contributed by atoms with E-state index in [0.29, 0.717) is 17.1 Å². The largest absolute Gasteiger partial charge is 0.493 e. The monoisotopic (exact) mass is 503 g/mol. The van der Waals surface area contributed by atoms with E-state index in [0.717, 1.165) is 4.90 Å². The molecular formula is C25H29NO10. The van der Waals surface area contributed by atoms with E-state index in [1.54, 1.807) is 31.2 Å². The number of likely N-dealkylation sites (tertiary alicyclic amines) is 1. The van der Waals surface area contributed by atoms with Crippen molar-refractivity contribution in [3.8, 4) is 11.5 Å². The normalized spacial score (nSPS) is 23.2. The average molecular weight is 504 g/mol. The van der Waals surface area contributed by atoms with Crippen LogP contribution in [0.5, 0.6) is 11.5 Å². The lowest BCUT2D eigenvalue weighted by Gasteiger charge is -2.40.